The lowest BCUT2D eigenvalue weighted by Crippen LogP contribution is -2.23. The highest BCUT2D eigenvalue weighted by Gasteiger charge is 2.21. The number of hydrogen-bond acceptors (Lipinski definition) is 3. The molecule has 0 amide bonds. The van der Waals surface area contributed by atoms with Crippen molar-refractivity contribution >= 4 is 23.4 Å². The largest absolute Gasteiger partial charge is 0.395 e. The van der Waals surface area contributed by atoms with E-state index in [0.717, 1.165) is 29.3 Å². The summed E-state index contributed by atoms with van der Waals surface area (Å²) in [5.41, 5.74) is 3.56. The Kier molecular flexibility index (Phi) is 7.32. The zero-order valence-electron chi connectivity index (χ0n) is 15.3. The second-order valence-electron chi connectivity index (χ2n) is 7.15. The van der Waals surface area contributed by atoms with Crippen molar-refractivity contribution in [3.8, 4) is 0 Å². The lowest BCUT2D eigenvalue weighted by atomic mass is 9.84. The Hall–Kier alpha value is -1.32. The molecule has 4 heteroatoms. The van der Waals surface area contributed by atoms with E-state index in [4.69, 9.17) is 16.4 Å². The van der Waals surface area contributed by atoms with Gasteiger partial charge in [-0.2, -0.15) is 0 Å². The molecule has 1 aromatic rings. The molecule has 0 spiro atoms. The summed E-state index contributed by atoms with van der Waals surface area (Å²) in [6, 6.07) is 7.95. The summed E-state index contributed by atoms with van der Waals surface area (Å²) in [4.78, 5) is 7.87. The van der Waals surface area contributed by atoms with Crippen LogP contribution in [-0.4, -0.2) is 37.9 Å². The first-order chi connectivity index (χ1) is 11.5. The summed E-state index contributed by atoms with van der Waals surface area (Å²) in [6.45, 7) is 6.09. The molecule has 1 aromatic carbocycles. The molecule has 0 heterocycles. The maximum Gasteiger partial charge on any atom is 0.120 e. The van der Waals surface area contributed by atoms with Crippen molar-refractivity contribution in [2.24, 2.45) is 17.0 Å². The number of oxime groups is 1. The molecule has 0 aliphatic heterocycles. The van der Waals surface area contributed by atoms with Crippen LogP contribution in [0.25, 0.3) is 6.08 Å². The SMILES string of the molecule is CC(CO/N=C1/C(=C/c2ccc(Cl)cc2)CCCC1C)CN(C)C. The minimum absolute atomic E-state index is 0.446. The minimum atomic E-state index is 0.446. The van der Waals surface area contributed by atoms with Gasteiger partial charge in [0.05, 0.1) is 5.71 Å². The van der Waals surface area contributed by atoms with Gasteiger partial charge in [0.2, 0.25) is 0 Å². The molecule has 0 radical (unpaired) electrons. The molecule has 1 aliphatic carbocycles. The number of allylic oxidation sites excluding steroid dienone is 1. The van der Waals surface area contributed by atoms with Crippen LogP contribution < -0.4 is 0 Å². The zero-order valence-corrected chi connectivity index (χ0v) is 16.0. The Labute approximate surface area is 151 Å². The quantitative estimate of drug-likeness (QED) is 0.667. The van der Waals surface area contributed by atoms with E-state index >= 15 is 0 Å². The topological polar surface area (TPSA) is 24.8 Å². The Bertz CT molecular complexity index is 578. The normalized spacial score (nSPS) is 23.0. The third-order valence-electron chi connectivity index (χ3n) is 4.29. The van der Waals surface area contributed by atoms with Crippen LogP contribution in [0.5, 0.6) is 0 Å². The van der Waals surface area contributed by atoms with Crippen molar-refractivity contribution < 1.29 is 4.84 Å². The fraction of sp³-hybridized carbons (Fsp3) is 0.550. The second-order valence-corrected chi connectivity index (χ2v) is 7.59. The van der Waals surface area contributed by atoms with Gasteiger partial charge < -0.3 is 9.74 Å². The van der Waals surface area contributed by atoms with Gasteiger partial charge >= 0.3 is 0 Å². The fourth-order valence-electron chi connectivity index (χ4n) is 3.14. The van der Waals surface area contributed by atoms with Crippen molar-refractivity contribution in [3.05, 3.63) is 40.4 Å². The fourth-order valence-corrected chi connectivity index (χ4v) is 3.27. The zero-order chi connectivity index (χ0) is 17.5. The van der Waals surface area contributed by atoms with E-state index in [1.165, 1.54) is 18.4 Å². The molecule has 2 atom stereocenters. The van der Waals surface area contributed by atoms with Crippen molar-refractivity contribution in [1.82, 2.24) is 4.90 Å². The predicted octanol–water partition coefficient (Wildman–Crippen LogP) is 5.11. The maximum atomic E-state index is 5.97. The standard InChI is InChI=1S/C20H29ClN2O/c1-15(13-23(3)4)14-24-22-20-16(2)6-5-7-18(20)12-17-8-10-19(21)11-9-17/h8-12,15-16H,5-7,13-14H2,1-4H3/b18-12+,22-20+. The molecule has 0 aromatic heterocycles. The molecule has 132 valence electrons. The van der Waals surface area contributed by atoms with E-state index < -0.39 is 0 Å². The van der Waals surface area contributed by atoms with Crippen LogP contribution in [0, 0.1) is 11.8 Å². The Balaban J connectivity index is 2.08. The van der Waals surface area contributed by atoms with Gasteiger partial charge in [-0.25, -0.2) is 0 Å². The number of nitrogens with zero attached hydrogens (tertiary/aromatic N) is 2. The first-order valence-corrected chi connectivity index (χ1v) is 9.14. The average molecular weight is 349 g/mol. The van der Waals surface area contributed by atoms with Gasteiger partial charge in [0.15, 0.2) is 0 Å². The molecule has 0 bridgehead atoms. The van der Waals surface area contributed by atoms with Gasteiger partial charge in [-0.3, -0.25) is 0 Å². The van der Waals surface area contributed by atoms with E-state index in [2.05, 4.69) is 44.1 Å². The molecule has 1 fully saturated rings. The van der Waals surface area contributed by atoms with Crippen molar-refractivity contribution in [3.63, 3.8) is 0 Å². The van der Waals surface area contributed by atoms with Gasteiger partial charge in [0.1, 0.15) is 6.61 Å². The summed E-state index contributed by atoms with van der Waals surface area (Å²) >= 11 is 5.97. The molecule has 2 rings (SSSR count). The predicted molar refractivity (Wildman–Crippen MR) is 104 cm³/mol. The highest BCUT2D eigenvalue weighted by atomic mass is 35.5. The van der Waals surface area contributed by atoms with Gasteiger partial charge in [0, 0.05) is 23.4 Å². The lowest BCUT2D eigenvalue weighted by Gasteiger charge is -2.23. The molecule has 2 unspecified atom stereocenters. The number of hydrogen-bond donors (Lipinski definition) is 0. The molecular weight excluding hydrogens is 320 g/mol. The first-order valence-electron chi connectivity index (χ1n) is 8.76. The van der Waals surface area contributed by atoms with Crippen LogP contribution in [0.3, 0.4) is 0 Å². The minimum Gasteiger partial charge on any atom is -0.395 e. The van der Waals surface area contributed by atoms with Crippen LogP contribution in [0.15, 0.2) is 35.0 Å². The number of rotatable bonds is 6. The van der Waals surface area contributed by atoms with Crippen LogP contribution >= 0.6 is 11.6 Å². The van der Waals surface area contributed by atoms with E-state index in [0.29, 0.717) is 18.4 Å². The molecular formula is C20H29ClN2O. The monoisotopic (exact) mass is 348 g/mol. The van der Waals surface area contributed by atoms with Gasteiger partial charge in [-0.05, 0) is 62.7 Å². The molecule has 1 saturated carbocycles. The number of halogens is 1. The van der Waals surface area contributed by atoms with Gasteiger partial charge in [-0.1, -0.05) is 42.7 Å². The van der Waals surface area contributed by atoms with Gasteiger partial charge in [-0.15, -0.1) is 0 Å². The Morgan fingerprint density at radius 3 is 2.71 bits per heavy atom. The summed E-state index contributed by atoms with van der Waals surface area (Å²) < 4.78 is 0. The average Bonchev–Trinajstić information content (AvgIpc) is 2.51. The van der Waals surface area contributed by atoms with Crippen LogP contribution in [0.4, 0.5) is 0 Å². The smallest absolute Gasteiger partial charge is 0.120 e. The molecule has 1 aliphatic rings. The Morgan fingerprint density at radius 1 is 1.33 bits per heavy atom. The third kappa shape index (κ3) is 5.95. The molecule has 3 nitrogen and oxygen atoms in total. The van der Waals surface area contributed by atoms with Crippen molar-refractivity contribution in [1.29, 1.82) is 0 Å². The second kappa shape index (κ2) is 9.24. The van der Waals surface area contributed by atoms with Crippen LogP contribution in [0.2, 0.25) is 5.02 Å². The van der Waals surface area contributed by atoms with Crippen LogP contribution in [-0.2, 0) is 4.84 Å². The van der Waals surface area contributed by atoms with E-state index in [1.54, 1.807) is 0 Å². The number of benzene rings is 1. The van der Waals surface area contributed by atoms with Crippen molar-refractivity contribution in [2.45, 2.75) is 33.1 Å². The summed E-state index contributed by atoms with van der Waals surface area (Å²) in [5, 5.41) is 5.28. The summed E-state index contributed by atoms with van der Waals surface area (Å²) in [5.74, 6) is 0.911. The first kappa shape index (κ1) is 19.0. The van der Waals surface area contributed by atoms with E-state index in [9.17, 15) is 0 Å². The molecule has 0 N–H and O–H groups in total. The highest BCUT2D eigenvalue weighted by Crippen LogP contribution is 2.28. The van der Waals surface area contributed by atoms with E-state index in [1.807, 2.05) is 24.3 Å². The summed E-state index contributed by atoms with van der Waals surface area (Å²) in [7, 11) is 4.16. The summed E-state index contributed by atoms with van der Waals surface area (Å²) in [6.07, 6.45) is 5.66. The molecule has 24 heavy (non-hydrogen) atoms. The van der Waals surface area contributed by atoms with E-state index in [-0.39, 0.29) is 0 Å². The highest BCUT2D eigenvalue weighted by molar-refractivity contribution is 6.30. The maximum absolute atomic E-state index is 5.97. The van der Waals surface area contributed by atoms with Gasteiger partial charge in [0.25, 0.3) is 0 Å². The lowest BCUT2D eigenvalue weighted by molar-refractivity contribution is 0.100. The van der Waals surface area contributed by atoms with Crippen LogP contribution in [0.1, 0.15) is 38.7 Å². The molecule has 0 saturated heterocycles. The van der Waals surface area contributed by atoms with Crippen molar-refractivity contribution in [2.75, 3.05) is 27.2 Å². The third-order valence-corrected chi connectivity index (χ3v) is 4.54. The Morgan fingerprint density at radius 2 is 2.04 bits per heavy atom.